The first-order chi connectivity index (χ1) is 5.68. The van der Waals surface area contributed by atoms with E-state index in [0.29, 0.717) is 12.6 Å². The number of hydrogen-bond donors (Lipinski definition) is 1. The number of amides is 1. The molecule has 2 rings (SSSR count). The van der Waals surface area contributed by atoms with Crippen molar-refractivity contribution in [2.75, 3.05) is 6.54 Å². The fourth-order valence-corrected chi connectivity index (χ4v) is 1.64. The van der Waals surface area contributed by atoms with E-state index in [1.54, 1.807) is 4.90 Å². The minimum Gasteiger partial charge on any atom is -0.481 e. The molecule has 0 radical (unpaired) electrons. The lowest BCUT2D eigenvalue weighted by Gasteiger charge is -2.13. The summed E-state index contributed by atoms with van der Waals surface area (Å²) >= 11 is 0. The molecule has 2 aliphatic rings. The number of aliphatic carboxylic acids is 1. The highest BCUT2D eigenvalue weighted by atomic mass is 16.4. The van der Waals surface area contributed by atoms with Gasteiger partial charge in [0.15, 0.2) is 0 Å². The third kappa shape index (κ3) is 1.17. The van der Waals surface area contributed by atoms with Crippen LogP contribution in [0, 0.1) is 5.92 Å². The number of carbonyl (C=O) groups is 2. The summed E-state index contributed by atoms with van der Waals surface area (Å²) in [6.07, 6.45) is 2.31. The Morgan fingerprint density at radius 3 is 2.58 bits per heavy atom. The predicted molar refractivity (Wildman–Crippen MR) is 40.5 cm³/mol. The lowest BCUT2D eigenvalue weighted by molar-refractivity contribution is -0.141. The zero-order chi connectivity index (χ0) is 8.72. The summed E-state index contributed by atoms with van der Waals surface area (Å²) in [7, 11) is 0. The molecule has 0 aromatic carbocycles. The molecule has 1 aliphatic carbocycles. The van der Waals surface area contributed by atoms with E-state index in [-0.39, 0.29) is 12.3 Å². The number of carboxylic acids is 1. The molecule has 1 saturated carbocycles. The molecule has 0 bridgehead atoms. The van der Waals surface area contributed by atoms with Gasteiger partial charge in [-0.2, -0.15) is 0 Å². The molecular weight excluding hydrogens is 158 g/mol. The molecular formula is C8H11NO3. The molecule has 1 saturated heterocycles. The normalized spacial score (nSPS) is 29.5. The predicted octanol–water partition coefficient (Wildman–Crippen LogP) is 0.0819. The number of carbonyl (C=O) groups excluding carboxylic acids is 1. The molecule has 1 aliphatic heterocycles. The Morgan fingerprint density at radius 2 is 2.17 bits per heavy atom. The SMILES string of the molecule is O=C(O)[C@@H]1CC(=O)N(C2CC2)C1. The van der Waals surface area contributed by atoms with Gasteiger partial charge >= 0.3 is 5.97 Å². The van der Waals surface area contributed by atoms with E-state index < -0.39 is 11.9 Å². The smallest absolute Gasteiger partial charge is 0.308 e. The lowest BCUT2D eigenvalue weighted by Crippen LogP contribution is -2.28. The monoisotopic (exact) mass is 169 g/mol. The highest BCUT2D eigenvalue weighted by molar-refractivity contribution is 5.86. The van der Waals surface area contributed by atoms with Crippen molar-refractivity contribution in [1.29, 1.82) is 0 Å². The van der Waals surface area contributed by atoms with Crippen LogP contribution in [0.4, 0.5) is 0 Å². The fraction of sp³-hybridized carbons (Fsp3) is 0.750. The van der Waals surface area contributed by atoms with Crippen molar-refractivity contribution < 1.29 is 14.7 Å². The Bertz CT molecular complexity index is 234. The molecule has 2 fully saturated rings. The number of rotatable bonds is 2. The summed E-state index contributed by atoms with van der Waals surface area (Å²) in [4.78, 5) is 23.5. The van der Waals surface area contributed by atoms with Gasteiger partial charge in [-0.15, -0.1) is 0 Å². The number of hydrogen-bond acceptors (Lipinski definition) is 2. The average molecular weight is 169 g/mol. The van der Waals surface area contributed by atoms with Gasteiger partial charge in [-0.1, -0.05) is 0 Å². The highest BCUT2D eigenvalue weighted by Gasteiger charge is 2.41. The summed E-state index contributed by atoms with van der Waals surface area (Å²) in [5, 5.41) is 8.67. The van der Waals surface area contributed by atoms with Crippen molar-refractivity contribution in [2.45, 2.75) is 25.3 Å². The van der Waals surface area contributed by atoms with Gasteiger partial charge in [0, 0.05) is 19.0 Å². The average Bonchev–Trinajstić information content (AvgIpc) is 2.75. The van der Waals surface area contributed by atoms with E-state index in [2.05, 4.69) is 0 Å². The van der Waals surface area contributed by atoms with Gasteiger partial charge in [-0.25, -0.2) is 0 Å². The molecule has 0 aromatic heterocycles. The van der Waals surface area contributed by atoms with Crippen LogP contribution < -0.4 is 0 Å². The van der Waals surface area contributed by atoms with Crippen molar-refractivity contribution in [1.82, 2.24) is 4.90 Å². The first-order valence-electron chi connectivity index (χ1n) is 4.21. The standard InChI is InChI=1S/C8H11NO3/c10-7-3-5(8(11)12)4-9(7)6-1-2-6/h5-6H,1-4H2,(H,11,12)/t5-/m1/s1. The molecule has 0 aromatic rings. The van der Waals surface area contributed by atoms with Crippen LogP contribution in [0.3, 0.4) is 0 Å². The van der Waals surface area contributed by atoms with Crippen molar-refractivity contribution in [3.05, 3.63) is 0 Å². The van der Waals surface area contributed by atoms with Gasteiger partial charge in [0.1, 0.15) is 0 Å². The van der Waals surface area contributed by atoms with Crippen LogP contribution in [0.2, 0.25) is 0 Å². The largest absolute Gasteiger partial charge is 0.481 e. The van der Waals surface area contributed by atoms with Crippen molar-refractivity contribution in [2.24, 2.45) is 5.92 Å². The number of likely N-dealkylation sites (tertiary alicyclic amines) is 1. The maximum atomic E-state index is 11.2. The van der Waals surface area contributed by atoms with Gasteiger partial charge in [-0.3, -0.25) is 9.59 Å². The Balaban J connectivity index is 2.01. The van der Waals surface area contributed by atoms with Crippen molar-refractivity contribution >= 4 is 11.9 Å². The Kier molecular flexibility index (Phi) is 1.56. The second kappa shape index (κ2) is 2.47. The van der Waals surface area contributed by atoms with Crippen molar-refractivity contribution in [3.63, 3.8) is 0 Å². The summed E-state index contributed by atoms with van der Waals surface area (Å²) in [6, 6.07) is 0.363. The van der Waals surface area contributed by atoms with E-state index in [0.717, 1.165) is 12.8 Å². The zero-order valence-electron chi connectivity index (χ0n) is 6.69. The lowest BCUT2D eigenvalue weighted by atomic mass is 10.1. The van der Waals surface area contributed by atoms with E-state index in [1.807, 2.05) is 0 Å². The van der Waals surface area contributed by atoms with E-state index >= 15 is 0 Å². The van der Waals surface area contributed by atoms with Gasteiger partial charge in [0.25, 0.3) is 0 Å². The van der Waals surface area contributed by atoms with E-state index in [9.17, 15) is 9.59 Å². The molecule has 4 heteroatoms. The molecule has 1 N–H and O–H groups in total. The zero-order valence-corrected chi connectivity index (χ0v) is 6.69. The molecule has 0 spiro atoms. The molecule has 1 atom stereocenters. The van der Waals surface area contributed by atoms with Crippen molar-refractivity contribution in [3.8, 4) is 0 Å². The van der Waals surface area contributed by atoms with Crippen LogP contribution in [0.25, 0.3) is 0 Å². The van der Waals surface area contributed by atoms with Crippen LogP contribution in [-0.4, -0.2) is 34.5 Å². The van der Waals surface area contributed by atoms with Crippen LogP contribution >= 0.6 is 0 Å². The van der Waals surface area contributed by atoms with Crippen LogP contribution in [0.1, 0.15) is 19.3 Å². The minimum atomic E-state index is -0.841. The first-order valence-corrected chi connectivity index (χ1v) is 4.21. The van der Waals surface area contributed by atoms with E-state index in [1.165, 1.54) is 0 Å². The van der Waals surface area contributed by atoms with Crippen LogP contribution in [0.15, 0.2) is 0 Å². The quantitative estimate of drug-likeness (QED) is 0.637. The Morgan fingerprint density at radius 1 is 1.50 bits per heavy atom. The van der Waals surface area contributed by atoms with E-state index in [4.69, 9.17) is 5.11 Å². The molecule has 12 heavy (non-hydrogen) atoms. The number of nitrogens with zero attached hydrogens (tertiary/aromatic N) is 1. The van der Waals surface area contributed by atoms with Gasteiger partial charge < -0.3 is 10.0 Å². The maximum Gasteiger partial charge on any atom is 0.308 e. The fourth-order valence-electron chi connectivity index (χ4n) is 1.64. The summed E-state index contributed by atoms with van der Waals surface area (Å²) in [5.74, 6) is -1.28. The molecule has 66 valence electrons. The van der Waals surface area contributed by atoms with Gasteiger partial charge in [-0.05, 0) is 12.8 Å². The summed E-state index contributed by atoms with van der Waals surface area (Å²) < 4.78 is 0. The Hall–Kier alpha value is -1.06. The van der Waals surface area contributed by atoms with Crippen LogP contribution in [0.5, 0.6) is 0 Å². The molecule has 1 amide bonds. The topological polar surface area (TPSA) is 57.6 Å². The Labute approximate surface area is 70.2 Å². The highest BCUT2D eigenvalue weighted by Crippen LogP contribution is 2.32. The second-order valence-electron chi connectivity index (χ2n) is 3.52. The first kappa shape index (κ1) is 7.58. The molecule has 0 unspecified atom stereocenters. The third-order valence-corrected chi connectivity index (χ3v) is 2.50. The van der Waals surface area contributed by atoms with Crippen LogP contribution in [-0.2, 0) is 9.59 Å². The minimum absolute atomic E-state index is 0.0184. The maximum absolute atomic E-state index is 11.2. The van der Waals surface area contributed by atoms with Gasteiger partial charge in [0.05, 0.1) is 5.92 Å². The summed E-state index contributed by atoms with van der Waals surface area (Å²) in [5.41, 5.74) is 0. The third-order valence-electron chi connectivity index (χ3n) is 2.50. The summed E-state index contributed by atoms with van der Waals surface area (Å²) in [6.45, 7) is 0.429. The molecule has 4 nitrogen and oxygen atoms in total. The number of carboxylic acid groups (broad SMARTS) is 1. The van der Waals surface area contributed by atoms with Gasteiger partial charge in [0.2, 0.25) is 5.91 Å². The molecule has 1 heterocycles. The second-order valence-corrected chi connectivity index (χ2v) is 3.52.